The Bertz CT molecular complexity index is 539. The van der Waals surface area contributed by atoms with Crippen LogP contribution in [0.25, 0.3) is 0 Å². The van der Waals surface area contributed by atoms with Crippen LogP contribution in [0.1, 0.15) is 24.4 Å². The molecule has 0 saturated carbocycles. The van der Waals surface area contributed by atoms with Crippen LogP contribution in [-0.2, 0) is 13.0 Å². The van der Waals surface area contributed by atoms with E-state index in [1.54, 1.807) is 13.2 Å². The van der Waals surface area contributed by atoms with Crippen LogP contribution in [0.3, 0.4) is 0 Å². The molecule has 21 heavy (non-hydrogen) atoms. The fourth-order valence-electron chi connectivity index (χ4n) is 1.63. The zero-order valence-electron chi connectivity index (χ0n) is 12.1. The van der Waals surface area contributed by atoms with E-state index in [2.05, 4.69) is 25.8 Å². The maximum absolute atomic E-state index is 5.24. The first-order valence-electron chi connectivity index (χ1n) is 6.61. The van der Waals surface area contributed by atoms with Crippen LogP contribution in [0.5, 0.6) is 0 Å². The Morgan fingerprint density at radius 2 is 2.24 bits per heavy atom. The number of rotatable bonds is 6. The predicted octanol–water partition coefficient (Wildman–Crippen LogP) is 1.89. The van der Waals surface area contributed by atoms with Crippen molar-refractivity contribution in [3.8, 4) is 0 Å². The zero-order chi connectivity index (χ0) is 14.2. The molecular weight excluding hydrogens is 385 g/mol. The largest absolute Gasteiger partial charge is 0.467 e. The number of hydrogen-bond acceptors (Lipinski definition) is 5. The van der Waals surface area contributed by atoms with Gasteiger partial charge in [-0.05, 0) is 26.0 Å². The van der Waals surface area contributed by atoms with E-state index in [-0.39, 0.29) is 24.0 Å². The van der Waals surface area contributed by atoms with Crippen molar-refractivity contribution in [2.75, 3.05) is 13.1 Å². The first-order chi connectivity index (χ1) is 9.78. The van der Waals surface area contributed by atoms with Crippen molar-refractivity contribution in [2.24, 2.45) is 4.99 Å². The topological polar surface area (TPSA) is 88.5 Å². The lowest BCUT2D eigenvalue weighted by Gasteiger charge is -2.09. The van der Waals surface area contributed by atoms with Gasteiger partial charge in [0.2, 0.25) is 5.89 Å². The molecule has 0 amide bonds. The molecule has 0 radical (unpaired) electrons. The summed E-state index contributed by atoms with van der Waals surface area (Å²) in [5.41, 5.74) is 0. The second-order valence-electron chi connectivity index (χ2n) is 4.19. The second kappa shape index (κ2) is 9.37. The summed E-state index contributed by atoms with van der Waals surface area (Å²) in [6.07, 6.45) is 2.30. The molecule has 0 aliphatic carbocycles. The van der Waals surface area contributed by atoms with Gasteiger partial charge in [0.15, 0.2) is 11.8 Å². The molecule has 0 saturated heterocycles. The minimum atomic E-state index is 0. The highest BCUT2D eigenvalue weighted by Crippen LogP contribution is 2.01. The maximum atomic E-state index is 5.24. The van der Waals surface area contributed by atoms with Crippen LogP contribution in [0, 0.1) is 6.92 Å². The van der Waals surface area contributed by atoms with Gasteiger partial charge in [0, 0.05) is 19.5 Å². The van der Waals surface area contributed by atoms with Gasteiger partial charge in [-0.15, -0.1) is 24.0 Å². The lowest BCUT2D eigenvalue weighted by Crippen LogP contribution is -2.38. The molecule has 2 aromatic rings. The van der Waals surface area contributed by atoms with Crippen LogP contribution < -0.4 is 10.6 Å². The molecule has 2 rings (SSSR count). The normalized spacial score (nSPS) is 11.0. The van der Waals surface area contributed by atoms with Crippen molar-refractivity contribution < 1.29 is 8.94 Å². The highest BCUT2D eigenvalue weighted by Gasteiger charge is 2.03. The van der Waals surface area contributed by atoms with Gasteiger partial charge in [-0.3, -0.25) is 0 Å². The minimum Gasteiger partial charge on any atom is -0.467 e. The molecule has 0 aliphatic heterocycles. The van der Waals surface area contributed by atoms with Crippen molar-refractivity contribution >= 4 is 29.9 Å². The first-order valence-corrected chi connectivity index (χ1v) is 6.61. The Morgan fingerprint density at radius 1 is 1.38 bits per heavy atom. The summed E-state index contributed by atoms with van der Waals surface area (Å²) in [7, 11) is 0. The second-order valence-corrected chi connectivity index (χ2v) is 4.19. The number of halogens is 1. The highest BCUT2D eigenvalue weighted by atomic mass is 127. The number of furan rings is 1. The van der Waals surface area contributed by atoms with Crippen molar-refractivity contribution in [1.82, 2.24) is 20.8 Å². The summed E-state index contributed by atoms with van der Waals surface area (Å²) >= 11 is 0. The smallest absolute Gasteiger partial charge is 0.228 e. The van der Waals surface area contributed by atoms with Gasteiger partial charge in [-0.2, -0.15) is 4.98 Å². The molecule has 7 nitrogen and oxygen atoms in total. The Morgan fingerprint density at radius 3 is 2.86 bits per heavy atom. The van der Waals surface area contributed by atoms with Crippen molar-refractivity contribution in [3.63, 3.8) is 0 Å². The van der Waals surface area contributed by atoms with Crippen LogP contribution in [0.2, 0.25) is 0 Å². The van der Waals surface area contributed by atoms with E-state index in [4.69, 9.17) is 8.94 Å². The number of aryl methyl sites for hydroxylation is 1. The van der Waals surface area contributed by atoms with Crippen molar-refractivity contribution in [3.05, 3.63) is 35.9 Å². The lowest BCUT2D eigenvalue weighted by atomic mass is 10.4. The van der Waals surface area contributed by atoms with E-state index in [1.165, 1.54) is 0 Å². The van der Waals surface area contributed by atoms with Crippen LogP contribution >= 0.6 is 24.0 Å². The molecule has 0 unspecified atom stereocenters. The zero-order valence-corrected chi connectivity index (χ0v) is 14.5. The summed E-state index contributed by atoms with van der Waals surface area (Å²) in [6.45, 7) is 5.79. The Labute approximate surface area is 140 Å². The average Bonchev–Trinajstić information content (AvgIpc) is 3.08. The number of nitrogens with one attached hydrogen (secondary N) is 2. The van der Waals surface area contributed by atoms with E-state index in [1.807, 2.05) is 19.1 Å². The Kier molecular flexibility index (Phi) is 7.80. The van der Waals surface area contributed by atoms with E-state index in [0.29, 0.717) is 31.2 Å². The number of guanidine groups is 1. The Hall–Kier alpha value is -1.58. The molecular formula is C13H20IN5O2. The van der Waals surface area contributed by atoms with Gasteiger partial charge >= 0.3 is 0 Å². The molecule has 0 spiro atoms. The predicted molar refractivity (Wildman–Crippen MR) is 89.7 cm³/mol. The quantitative estimate of drug-likeness (QED) is 0.434. The third kappa shape index (κ3) is 6.15. The summed E-state index contributed by atoms with van der Waals surface area (Å²) in [6, 6.07) is 3.75. The van der Waals surface area contributed by atoms with Gasteiger partial charge in [0.1, 0.15) is 12.3 Å². The van der Waals surface area contributed by atoms with E-state index in [0.717, 1.165) is 18.3 Å². The Balaban J connectivity index is 0.00000220. The molecule has 2 N–H and O–H groups in total. The molecule has 8 heteroatoms. The SMILES string of the molecule is CCNC(=NCc1ccco1)NCCc1nc(C)no1.I. The highest BCUT2D eigenvalue weighted by molar-refractivity contribution is 14.0. The van der Waals surface area contributed by atoms with Gasteiger partial charge < -0.3 is 19.6 Å². The standard InChI is InChI=1S/C13H19N5O2.HI/c1-3-14-13(16-9-11-5-4-8-19-11)15-7-6-12-17-10(2)18-20-12;/h4-5,8H,3,6-7,9H2,1-2H3,(H2,14,15,16);1H. The molecule has 0 aromatic carbocycles. The van der Waals surface area contributed by atoms with Crippen LogP contribution in [0.15, 0.2) is 32.3 Å². The summed E-state index contributed by atoms with van der Waals surface area (Å²) in [5.74, 6) is 2.84. The summed E-state index contributed by atoms with van der Waals surface area (Å²) < 4.78 is 10.3. The van der Waals surface area contributed by atoms with Gasteiger partial charge in [-0.1, -0.05) is 5.16 Å². The number of hydrogen-bond donors (Lipinski definition) is 2. The van der Waals surface area contributed by atoms with E-state index < -0.39 is 0 Å². The molecule has 0 bridgehead atoms. The maximum Gasteiger partial charge on any atom is 0.228 e. The first kappa shape index (κ1) is 17.5. The van der Waals surface area contributed by atoms with Crippen molar-refractivity contribution in [1.29, 1.82) is 0 Å². The molecule has 116 valence electrons. The number of aliphatic imine (C=N–C) groups is 1. The number of aromatic nitrogens is 2. The molecule has 0 aliphatic rings. The monoisotopic (exact) mass is 405 g/mol. The fraction of sp³-hybridized carbons (Fsp3) is 0.462. The average molecular weight is 405 g/mol. The minimum absolute atomic E-state index is 0. The lowest BCUT2D eigenvalue weighted by molar-refractivity contribution is 0.374. The molecule has 2 aromatic heterocycles. The third-order valence-electron chi connectivity index (χ3n) is 2.52. The molecule has 0 fully saturated rings. The fourth-order valence-corrected chi connectivity index (χ4v) is 1.63. The molecule has 2 heterocycles. The van der Waals surface area contributed by atoms with E-state index >= 15 is 0 Å². The van der Waals surface area contributed by atoms with Crippen LogP contribution in [0.4, 0.5) is 0 Å². The van der Waals surface area contributed by atoms with Gasteiger partial charge in [0.05, 0.1) is 6.26 Å². The van der Waals surface area contributed by atoms with Crippen LogP contribution in [-0.4, -0.2) is 29.2 Å². The van der Waals surface area contributed by atoms with E-state index in [9.17, 15) is 0 Å². The van der Waals surface area contributed by atoms with Crippen molar-refractivity contribution in [2.45, 2.75) is 26.8 Å². The third-order valence-corrected chi connectivity index (χ3v) is 2.52. The number of nitrogens with zero attached hydrogens (tertiary/aromatic N) is 3. The molecule has 0 atom stereocenters. The van der Waals surface area contributed by atoms with Gasteiger partial charge in [0.25, 0.3) is 0 Å². The summed E-state index contributed by atoms with van der Waals surface area (Å²) in [5, 5.41) is 10.1. The van der Waals surface area contributed by atoms with Gasteiger partial charge in [-0.25, -0.2) is 4.99 Å². The summed E-state index contributed by atoms with van der Waals surface area (Å²) in [4.78, 5) is 8.57.